The lowest BCUT2D eigenvalue weighted by molar-refractivity contribution is -0.120. The Balaban J connectivity index is 2.60. The summed E-state index contributed by atoms with van der Waals surface area (Å²) in [5.74, 6) is 0. The van der Waals surface area contributed by atoms with Gasteiger partial charge in [0.2, 0.25) is 0 Å². The van der Waals surface area contributed by atoms with Crippen LogP contribution in [0.3, 0.4) is 0 Å². The summed E-state index contributed by atoms with van der Waals surface area (Å²) in [6.45, 7) is 7.15. The van der Waals surface area contributed by atoms with Gasteiger partial charge in [-0.15, -0.1) is 0 Å². The van der Waals surface area contributed by atoms with Crippen LogP contribution < -0.4 is 0 Å². The van der Waals surface area contributed by atoms with E-state index in [1.54, 1.807) is 0 Å². The summed E-state index contributed by atoms with van der Waals surface area (Å²) < 4.78 is 5.27. The Morgan fingerprint density at radius 2 is 2.07 bits per heavy atom. The number of carbonyl (C=O) groups is 1. The molecule has 0 aromatic heterocycles. The van der Waals surface area contributed by atoms with Crippen molar-refractivity contribution < 1.29 is 9.53 Å². The molecule has 0 radical (unpaired) electrons. The van der Waals surface area contributed by atoms with Crippen LogP contribution in [-0.2, 0) is 9.53 Å². The fourth-order valence-corrected chi connectivity index (χ4v) is 1.68. The lowest BCUT2D eigenvalue weighted by Crippen LogP contribution is -2.52. The Hall–Kier alpha value is -0.670. The zero-order valence-electron chi connectivity index (χ0n) is 9.03. The monoisotopic (exact) mass is 197 g/mol. The highest BCUT2D eigenvalue weighted by Crippen LogP contribution is 2.19. The number of carbonyl (C=O) groups excluding carboxylic acids is 1. The van der Waals surface area contributed by atoms with E-state index < -0.39 is 0 Å². The number of morpholine rings is 1. The average molecular weight is 197 g/mol. The molecule has 14 heavy (non-hydrogen) atoms. The normalized spacial score (nSPS) is 23.6. The summed E-state index contributed by atoms with van der Waals surface area (Å²) in [7, 11) is 0. The minimum Gasteiger partial charge on any atom is -0.379 e. The second-order valence-electron chi connectivity index (χ2n) is 3.85. The van der Waals surface area contributed by atoms with Crippen LogP contribution >= 0.6 is 0 Å². The highest BCUT2D eigenvalue weighted by molar-refractivity contribution is 5.64. The Morgan fingerprint density at radius 3 is 2.57 bits per heavy atom. The largest absolute Gasteiger partial charge is 0.379 e. The van der Waals surface area contributed by atoms with Crippen molar-refractivity contribution in [3.8, 4) is 0 Å². The van der Waals surface area contributed by atoms with Gasteiger partial charge in [-0.2, -0.15) is 0 Å². The van der Waals surface area contributed by atoms with E-state index in [2.05, 4.69) is 4.90 Å². The molecule has 3 heteroatoms. The fraction of sp³-hybridized carbons (Fsp3) is 0.727. The van der Waals surface area contributed by atoms with E-state index >= 15 is 0 Å². The summed E-state index contributed by atoms with van der Waals surface area (Å²) in [5.41, 5.74) is -0.351. The van der Waals surface area contributed by atoms with Crippen molar-refractivity contribution in [1.82, 2.24) is 4.90 Å². The summed E-state index contributed by atoms with van der Waals surface area (Å²) in [6.07, 6.45) is 5.87. The molecule has 0 spiro atoms. The number of aldehydes is 1. The van der Waals surface area contributed by atoms with E-state index in [-0.39, 0.29) is 5.54 Å². The summed E-state index contributed by atoms with van der Waals surface area (Å²) in [5, 5.41) is 0. The quantitative estimate of drug-likeness (QED) is 0.501. The Labute approximate surface area is 85.7 Å². The van der Waals surface area contributed by atoms with Crippen molar-refractivity contribution in [3.63, 3.8) is 0 Å². The molecule has 80 valence electrons. The standard InChI is InChI=1S/C11H19NO2/c1-3-4-5-11(2,10-13)12-6-8-14-9-7-12/h3-4,10H,5-9H2,1-2H3/b4-3+. The summed E-state index contributed by atoms with van der Waals surface area (Å²) in [4.78, 5) is 13.3. The molecule has 1 aliphatic rings. The first-order valence-corrected chi connectivity index (χ1v) is 5.13. The number of nitrogens with zero attached hydrogens (tertiary/aromatic N) is 1. The Morgan fingerprint density at radius 1 is 1.43 bits per heavy atom. The second-order valence-corrected chi connectivity index (χ2v) is 3.85. The van der Waals surface area contributed by atoms with Gasteiger partial charge in [-0.1, -0.05) is 12.2 Å². The van der Waals surface area contributed by atoms with Gasteiger partial charge in [0, 0.05) is 13.1 Å². The van der Waals surface area contributed by atoms with Crippen LogP contribution in [0.4, 0.5) is 0 Å². The molecule has 1 atom stereocenters. The van der Waals surface area contributed by atoms with Crippen LogP contribution in [0.2, 0.25) is 0 Å². The smallest absolute Gasteiger partial charge is 0.140 e. The van der Waals surface area contributed by atoms with Crippen molar-refractivity contribution in [1.29, 1.82) is 0 Å². The SMILES string of the molecule is C/C=C/CC(C)(C=O)N1CCOCC1. The average Bonchev–Trinajstić information content (AvgIpc) is 2.27. The van der Waals surface area contributed by atoms with Crippen molar-refractivity contribution >= 4 is 6.29 Å². The molecule has 1 unspecified atom stereocenters. The van der Waals surface area contributed by atoms with Gasteiger partial charge in [0.25, 0.3) is 0 Å². The third-order valence-corrected chi connectivity index (χ3v) is 2.75. The van der Waals surface area contributed by atoms with E-state index in [1.165, 1.54) is 0 Å². The van der Waals surface area contributed by atoms with Gasteiger partial charge < -0.3 is 9.53 Å². The molecule has 0 bridgehead atoms. The number of hydrogen-bond donors (Lipinski definition) is 0. The molecule has 0 amide bonds. The van der Waals surface area contributed by atoms with Gasteiger partial charge in [-0.3, -0.25) is 4.90 Å². The molecule has 1 rings (SSSR count). The second kappa shape index (κ2) is 5.27. The molecule has 3 nitrogen and oxygen atoms in total. The highest BCUT2D eigenvalue weighted by Gasteiger charge is 2.31. The third-order valence-electron chi connectivity index (χ3n) is 2.75. The van der Waals surface area contributed by atoms with E-state index in [0.29, 0.717) is 0 Å². The molecule has 0 aromatic rings. The van der Waals surface area contributed by atoms with Crippen molar-refractivity contribution in [2.45, 2.75) is 25.8 Å². The zero-order valence-corrected chi connectivity index (χ0v) is 9.03. The Bertz CT molecular complexity index is 209. The number of ether oxygens (including phenoxy) is 1. The first-order valence-electron chi connectivity index (χ1n) is 5.13. The minimum absolute atomic E-state index is 0.351. The highest BCUT2D eigenvalue weighted by atomic mass is 16.5. The van der Waals surface area contributed by atoms with E-state index in [9.17, 15) is 4.79 Å². The van der Waals surface area contributed by atoms with Gasteiger partial charge in [-0.05, 0) is 20.3 Å². The van der Waals surface area contributed by atoms with Crippen LogP contribution in [0.5, 0.6) is 0 Å². The van der Waals surface area contributed by atoms with Crippen molar-refractivity contribution in [2.24, 2.45) is 0 Å². The summed E-state index contributed by atoms with van der Waals surface area (Å²) >= 11 is 0. The molecular formula is C11H19NO2. The van der Waals surface area contributed by atoms with E-state index in [4.69, 9.17) is 4.74 Å². The van der Waals surface area contributed by atoms with Gasteiger partial charge in [0.15, 0.2) is 0 Å². The molecule has 0 aliphatic carbocycles. The predicted molar refractivity (Wildman–Crippen MR) is 56.3 cm³/mol. The topological polar surface area (TPSA) is 29.5 Å². The van der Waals surface area contributed by atoms with Crippen LogP contribution in [0.15, 0.2) is 12.2 Å². The van der Waals surface area contributed by atoms with Crippen LogP contribution in [0.25, 0.3) is 0 Å². The van der Waals surface area contributed by atoms with Gasteiger partial charge in [0.1, 0.15) is 6.29 Å². The molecule has 0 aromatic carbocycles. The van der Waals surface area contributed by atoms with Crippen LogP contribution in [0.1, 0.15) is 20.3 Å². The minimum atomic E-state index is -0.351. The molecular weight excluding hydrogens is 178 g/mol. The lowest BCUT2D eigenvalue weighted by Gasteiger charge is -2.38. The Kier molecular flexibility index (Phi) is 4.29. The first-order chi connectivity index (χ1) is 6.73. The van der Waals surface area contributed by atoms with Gasteiger partial charge >= 0.3 is 0 Å². The van der Waals surface area contributed by atoms with Crippen LogP contribution in [-0.4, -0.2) is 43.0 Å². The number of allylic oxidation sites excluding steroid dienone is 1. The van der Waals surface area contributed by atoms with Gasteiger partial charge in [0.05, 0.1) is 18.8 Å². The molecule has 1 fully saturated rings. The van der Waals surface area contributed by atoms with E-state index in [1.807, 2.05) is 26.0 Å². The number of hydrogen-bond acceptors (Lipinski definition) is 3. The predicted octanol–water partition coefficient (Wildman–Crippen LogP) is 1.24. The summed E-state index contributed by atoms with van der Waals surface area (Å²) in [6, 6.07) is 0. The maximum Gasteiger partial charge on any atom is 0.140 e. The first kappa shape index (κ1) is 11.4. The fourth-order valence-electron chi connectivity index (χ4n) is 1.68. The molecule has 0 saturated carbocycles. The molecule has 0 N–H and O–H groups in total. The van der Waals surface area contributed by atoms with E-state index in [0.717, 1.165) is 39.0 Å². The lowest BCUT2D eigenvalue weighted by atomic mass is 9.96. The maximum atomic E-state index is 11.1. The third kappa shape index (κ3) is 2.66. The zero-order chi connectivity index (χ0) is 10.4. The maximum absolute atomic E-state index is 11.1. The number of rotatable bonds is 4. The van der Waals surface area contributed by atoms with Crippen molar-refractivity contribution in [3.05, 3.63) is 12.2 Å². The molecule has 1 heterocycles. The van der Waals surface area contributed by atoms with Crippen LogP contribution in [0, 0.1) is 0 Å². The molecule has 1 saturated heterocycles. The van der Waals surface area contributed by atoms with Gasteiger partial charge in [-0.25, -0.2) is 0 Å². The van der Waals surface area contributed by atoms with Crippen molar-refractivity contribution in [2.75, 3.05) is 26.3 Å². The molecule has 1 aliphatic heterocycles.